The average molecular weight is 182 g/mol. The molecule has 0 radical (unpaired) electrons. The second-order valence-electron chi connectivity index (χ2n) is 4.10. The summed E-state index contributed by atoms with van der Waals surface area (Å²) in [6, 6.07) is 1.00. The molecule has 0 spiro atoms. The molecule has 2 heteroatoms. The molecule has 1 rings (SSSR count). The molecule has 13 heavy (non-hydrogen) atoms. The van der Waals surface area contributed by atoms with Crippen LogP contribution in [0, 0.1) is 0 Å². The summed E-state index contributed by atoms with van der Waals surface area (Å²) >= 11 is 0. The quantitative estimate of drug-likeness (QED) is 0.650. The van der Waals surface area contributed by atoms with E-state index in [4.69, 9.17) is 0 Å². The molecule has 1 aliphatic rings. The third kappa shape index (κ3) is 3.92. The zero-order valence-electron chi connectivity index (χ0n) is 8.92. The van der Waals surface area contributed by atoms with Gasteiger partial charge in [-0.1, -0.05) is 6.08 Å². The number of likely N-dealkylation sites (tertiary alicyclic amines) is 1. The Labute approximate surface area is 82.0 Å². The van der Waals surface area contributed by atoms with Gasteiger partial charge >= 0.3 is 0 Å². The van der Waals surface area contributed by atoms with Crippen molar-refractivity contribution in [1.82, 2.24) is 10.2 Å². The molecular weight excluding hydrogens is 160 g/mol. The van der Waals surface area contributed by atoms with Crippen molar-refractivity contribution in [1.29, 1.82) is 0 Å². The lowest BCUT2D eigenvalue weighted by atomic mass is 10.2. The van der Waals surface area contributed by atoms with Crippen molar-refractivity contribution in [2.75, 3.05) is 19.6 Å². The Kier molecular flexibility index (Phi) is 4.46. The fourth-order valence-corrected chi connectivity index (χ4v) is 1.92. The van der Waals surface area contributed by atoms with E-state index in [1.807, 2.05) is 6.08 Å². The second kappa shape index (κ2) is 5.40. The molecular formula is C11H22N2. The summed E-state index contributed by atoms with van der Waals surface area (Å²) < 4.78 is 0. The highest BCUT2D eigenvalue weighted by Gasteiger charge is 2.14. The van der Waals surface area contributed by atoms with Gasteiger partial charge in [-0.25, -0.2) is 0 Å². The Balaban J connectivity index is 2.15. The lowest BCUT2D eigenvalue weighted by Crippen LogP contribution is -2.41. The molecule has 0 aromatic heterocycles. The maximum atomic E-state index is 3.77. The van der Waals surface area contributed by atoms with Gasteiger partial charge in [-0.2, -0.15) is 0 Å². The number of hydrogen-bond acceptors (Lipinski definition) is 2. The van der Waals surface area contributed by atoms with Gasteiger partial charge in [0.25, 0.3) is 0 Å². The van der Waals surface area contributed by atoms with Crippen molar-refractivity contribution in [3.63, 3.8) is 0 Å². The zero-order valence-corrected chi connectivity index (χ0v) is 8.92. The highest BCUT2D eigenvalue weighted by molar-refractivity contribution is 4.84. The normalized spacial score (nSPS) is 22.9. The monoisotopic (exact) mass is 182 g/mol. The van der Waals surface area contributed by atoms with Gasteiger partial charge in [0.15, 0.2) is 0 Å². The first-order chi connectivity index (χ1) is 6.22. The minimum Gasteiger partial charge on any atom is -0.307 e. The zero-order chi connectivity index (χ0) is 9.68. The van der Waals surface area contributed by atoms with E-state index in [-0.39, 0.29) is 0 Å². The summed E-state index contributed by atoms with van der Waals surface area (Å²) in [6.45, 7) is 11.9. The molecule has 1 heterocycles. The van der Waals surface area contributed by atoms with E-state index in [1.165, 1.54) is 32.5 Å². The van der Waals surface area contributed by atoms with E-state index in [9.17, 15) is 0 Å². The van der Waals surface area contributed by atoms with E-state index >= 15 is 0 Å². The summed E-state index contributed by atoms with van der Waals surface area (Å²) in [4.78, 5) is 2.54. The SMILES string of the molecule is C=CC(C)NC(C)CN1CCCC1. The van der Waals surface area contributed by atoms with Crippen molar-refractivity contribution in [3.05, 3.63) is 12.7 Å². The van der Waals surface area contributed by atoms with Crippen LogP contribution in [0.15, 0.2) is 12.7 Å². The van der Waals surface area contributed by atoms with E-state index in [2.05, 4.69) is 30.6 Å². The van der Waals surface area contributed by atoms with Gasteiger partial charge < -0.3 is 10.2 Å². The van der Waals surface area contributed by atoms with E-state index in [0.29, 0.717) is 12.1 Å². The number of hydrogen-bond donors (Lipinski definition) is 1. The lowest BCUT2D eigenvalue weighted by molar-refractivity contribution is 0.294. The molecule has 0 bridgehead atoms. The Morgan fingerprint density at radius 1 is 1.38 bits per heavy atom. The maximum absolute atomic E-state index is 3.77. The Morgan fingerprint density at radius 2 is 2.00 bits per heavy atom. The first-order valence-corrected chi connectivity index (χ1v) is 5.33. The van der Waals surface area contributed by atoms with Gasteiger partial charge in [0.2, 0.25) is 0 Å². The smallest absolute Gasteiger partial charge is 0.0222 e. The molecule has 1 N–H and O–H groups in total. The molecule has 0 aromatic carbocycles. The van der Waals surface area contributed by atoms with Gasteiger partial charge in [-0.15, -0.1) is 6.58 Å². The molecule has 2 nitrogen and oxygen atoms in total. The van der Waals surface area contributed by atoms with Gasteiger partial charge in [0, 0.05) is 18.6 Å². The van der Waals surface area contributed by atoms with Crippen molar-refractivity contribution >= 4 is 0 Å². The van der Waals surface area contributed by atoms with Crippen molar-refractivity contribution in [2.24, 2.45) is 0 Å². The van der Waals surface area contributed by atoms with Gasteiger partial charge in [0.1, 0.15) is 0 Å². The first kappa shape index (κ1) is 10.7. The second-order valence-corrected chi connectivity index (χ2v) is 4.10. The van der Waals surface area contributed by atoms with Crippen LogP contribution in [0.3, 0.4) is 0 Å². The van der Waals surface area contributed by atoms with Crippen LogP contribution in [0.1, 0.15) is 26.7 Å². The average Bonchev–Trinajstić information content (AvgIpc) is 2.56. The predicted molar refractivity (Wildman–Crippen MR) is 57.9 cm³/mol. The van der Waals surface area contributed by atoms with Crippen molar-refractivity contribution < 1.29 is 0 Å². The highest BCUT2D eigenvalue weighted by Crippen LogP contribution is 2.07. The van der Waals surface area contributed by atoms with E-state index < -0.39 is 0 Å². The number of nitrogens with zero attached hydrogens (tertiary/aromatic N) is 1. The van der Waals surface area contributed by atoms with Crippen LogP contribution in [0.25, 0.3) is 0 Å². The predicted octanol–water partition coefficient (Wildman–Crippen LogP) is 1.63. The molecule has 2 atom stereocenters. The Bertz CT molecular complexity index is 150. The van der Waals surface area contributed by atoms with Crippen LogP contribution in [-0.2, 0) is 0 Å². The molecule has 1 fully saturated rings. The molecule has 1 saturated heterocycles. The Hall–Kier alpha value is -0.340. The van der Waals surface area contributed by atoms with Crippen LogP contribution < -0.4 is 5.32 Å². The van der Waals surface area contributed by atoms with E-state index in [1.54, 1.807) is 0 Å². The first-order valence-electron chi connectivity index (χ1n) is 5.33. The summed E-state index contributed by atoms with van der Waals surface area (Å²) in [5.74, 6) is 0. The number of nitrogens with one attached hydrogen (secondary N) is 1. The maximum Gasteiger partial charge on any atom is 0.0222 e. The molecule has 2 unspecified atom stereocenters. The minimum absolute atomic E-state index is 0.428. The molecule has 0 amide bonds. The van der Waals surface area contributed by atoms with Crippen LogP contribution in [0.4, 0.5) is 0 Å². The van der Waals surface area contributed by atoms with Crippen LogP contribution in [-0.4, -0.2) is 36.6 Å². The van der Waals surface area contributed by atoms with Crippen LogP contribution in [0.5, 0.6) is 0 Å². The lowest BCUT2D eigenvalue weighted by Gasteiger charge is -2.23. The van der Waals surface area contributed by atoms with Crippen molar-refractivity contribution in [2.45, 2.75) is 38.8 Å². The molecule has 1 aliphatic heterocycles. The topological polar surface area (TPSA) is 15.3 Å². The molecule has 0 aliphatic carbocycles. The fraction of sp³-hybridized carbons (Fsp3) is 0.818. The van der Waals surface area contributed by atoms with Crippen LogP contribution >= 0.6 is 0 Å². The molecule has 76 valence electrons. The summed E-state index contributed by atoms with van der Waals surface area (Å²) in [5.41, 5.74) is 0. The summed E-state index contributed by atoms with van der Waals surface area (Å²) in [5, 5.41) is 3.50. The van der Waals surface area contributed by atoms with Crippen LogP contribution in [0.2, 0.25) is 0 Å². The largest absolute Gasteiger partial charge is 0.307 e. The summed E-state index contributed by atoms with van der Waals surface area (Å²) in [6.07, 6.45) is 4.72. The minimum atomic E-state index is 0.428. The number of rotatable bonds is 5. The molecule has 0 saturated carbocycles. The van der Waals surface area contributed by atoms with E-state index in [0.717, 1.165) is 0 Å². The van der Waals surface area contributed by atoms with Gasteiger partial charge in [-0.05, 0) is 39.8 Å². The third-order valence-corrected chi connectivity index (χ3v) is 2.63. The van der Waals surface area contributed by atoms with Gasteiger partial charge in [0.05, 0.1) is 0 Å². The summed E-state index contributed by atoms with van der Waals surface area (Å²) in [7, 11) is 0. The fourth-order valence-electron chi connectivity index (χ4n) is 1.92. The highest BCUT2D eigenvalue weighted by atomic mass is 15.2. The third-order valence-electron chi connectivity index (χ3n) is 2.63. The Morgan fingerprint density at radius 3 is 2.54 bits per heavy atom. The van der Waals surface area contributed by atoms with Gasteiger partial charge in [-0.3, -0.25) is 0 Å². The molecule has 0 aromatic rings. The van der Waals surface area contributed by atoms with Crippen molar-refractivity contribution in [3.8, 4) is 0 Å². The standard InChI is InChI=1S/C11H22N2/c1-4-10(2)12-11(3)9-13-7-5-6-8-13/h4,10-12H,1,5-9H2,2-3H3.